The van der Waals surface area contributed by atoms with Crippen LogP contribution < -0.4 is 0 Å². The van der Waals surface area contributed by atoms with Crippen molar-refractivity contribution in [1.29, 1.82) is 0 Å². The van der Waals surface area contributed by atoms with Crippen molar-refractivity contribution in [3.8, 4) is 0 Å². The second kappa shape index (κ2) is 6.47. The van der Waals surface area contributed by atoms with Gasteiger partial charge in [0.15, 0.2) is 0 Å². The maximum absolute atomic E-state index is 10.6. The first kappa shape index (κ1) is 12.1. The third-order valence-corrected chi connectivity index (χ3v) is 3.12. The minimum atomic E-state index is 0.966. The summed E-state index contributed by atoms with van der Waals surface area (Å²) in [5.41, 5.74) is 2.59. The van der Waals surface area contributed by atoms with Crippen molar-refractivity contribution in [3.05, 3.63) is 17.3 Å². The molecule has 0 atom stereocenters. The molecule has 1 rings (SSSR count). The molecule has 0 aromatic rings. The number of rotatable bonds is 4. The van der Waals surface area contributed by atoms with Gasteiger partial charge >= 0.3 is 0 Å². The van der Waals surface area contributed by atoms with Crippen LogP contribution in [0.15, 0.2) is 17.3 Å². The summed E-state index contributed by atoms with van der Waals surface area (Å²) < 4.78 is 0. The number of hydrogen-bond donors (Lipinski definition) is 0. The third-order valence-electron chi connectivity index (χ3n) is 3.12. The molecule has 0 amide bonds. The Bertz CT molecular complexity index is 262. The lowest BCUT2D eigenvalue weighted by molar-refractivity contribution is 0.383. The highest BCUT2D eigenvalue weighted by Crippen LogP contribution is 2.27. The first-order valence-electron chi connectivity index (χ1n) is 6.01. The maximum Gasteiger partial charge on any atom is 0.126 e. The molecule has 15 heavy (non-hydrogen) atoms. The standard InChI is InChI=1S/C13H21NO/c1-3-14(4-2)13(10-11-15)12-8-6-5-7-9-12/h10H,3-9H2,1-2H3. The number of likely N-dealkylation sites (N-methyl/N-ethyl adjacent to an activating group) is 1. The van der Waals surface area contributed by atoms with Gasteiger partial charge in [0.2, 0.25) is 0 Å². The Labute approximate surface area is 92.7 Å². The number of nitrogens with zero attached hydrogens (tertiary/aromatic N) is 1. The molecule has 0 spiro atoms. The van der Waals surface area contributed by atoms with Gasteiger partial charge in [-0.1, -0.05) is 6.42 Å². The van der Waals surface area contributed by atoms with Crippen LogP contribution in [0.1, 0.15) is 46.0 Å². The van der Waals surface area contributed by atoms with E-state index in [2.05, 4.69) is 18.7 Å². The van der Waals surface area contributed by atoms with Crippen LogP contribution in [-0.4, -0.2) is 23.9 Å². The molecule has 2 heteroatoms. The molecule has 0 aromatic heterocycles. The number of allylic oxidation sites excluding steroid dienone is 2. The average molecular weight is 207 g/mol. The molecule has 0 N–H and O–H groups in total. The summed E-state index contributed by atoms with van der Waals surface area (Å²) in [6.07, 6.45) is 7.81. The predicted molar refractivity (Wildman–Crippen MR) is 63.3 cm³/mol. The smallest absolute Gasteiger partial charge is 0.126 e. The molecule has 1 aliphatic rings. The van der Waals surface area contributed by atoms with E-state index in [4.69, 9.17) is 0 Å². The van der Waals surface area contributed by atoms with Crippen molar-refractivity contribution < 1.29 is 4.79 Å². The average Bonchev–Trinajstić information content (AvgIpc) is 2.30. The van der Waals surface area contributed by atoms with E-state index in [1.54, 1.807) is 6.08 Å². The Morgan fingerprint density at radius 1 is 1.27 bits per heavy atom. The fourth-order valence-electron chi connectivity index (χ4n) is 2.27. The first-order valence-corrected chi connectivity index (χ1v) is 6.01. The summed E-state index contributed by atoms with van der Waals surface area (Å²) in [6, 6.07) is 0. The van der Waals surface area contributed by atoms with Gasteiger partial charge in [-0.2, -0.15) is 0 Å². The summed E-state index contributed by atoms with van der Waals surface area (Å²) in [6.45, 7) is 6.19. The Hall–Kier alpha value is -1.01. The van der Waals surface area contributed by atoms with Gasteiger partial charge in [-0.25, -0.2) is 4.79 Å². The Balaban J connectivity index is 2.91. The van der Waals surface area contributed by atoms with Crippen LogP contribution in [0.4, 0.5) is 0 Å². The van der Waals surface area contributed by atoms with Crippen molar-refractivity contribution in [1.82, 2.24) is 4.90 Å². The van der Waals surface area contributed by atoms with E-state index < -0.39 is 0 Å². The number of hydrogen-bond acceptors (Lipinski definition) is 2. The van der Waals surface area contributed by atoms with Gasteiger partial charge < -0.3 is 4.90 Å². The first-order chi connectivity index (χ1) is 7.33. The lowest BCUT2D eigenvalue weighted by atomic mass is 9.93. The topological polar surface area (TPSA) is 20.3 Å². The van der Waals surface area contributed by atoms with E-state index in [-0.39, 0.29) is 0 Å². The molecule has 84 valence electrons. The van der Waals surface area contributed by atoms with Gasteiger partial charge in [-0.15, -0.1) is 0 Å². The quantitative estimate of drug-likeness (QED) is 0.661. The van der Waals surface area contributed by atoms with Crippen molar-refractivity contribution >= 4 is 5.94 Å². The van der Waals surface area contributed by atoms with E-state index in [0.29, 0.717) is 0 Å². The zero-order valence-corrected chi connectivity index (χ0v) is 9.88. The fraction of sp³-hybridized carbons (Fsp3) is 0.692. The van der Waals surface area contributed by atoms with Gasteiger partial charge in [0.05, 0.1) is 0 Å². The minimum absolute atomic E-state index is 0.966. The van der Waals surface area contributed by atoms with Gasteiger partial charge in [0.1, 0.15) is 5.94 Å². The minimum Gasteiger partial charge on any atom is -0.372 e. The third kappa shape index (κ3) is 3.24. The van der Waals surface area contributed by atoms with Crippen LogP contribution in [0, 0.1) is 0 Å². The predicted octanol–water partition coefficient (Wildman–Crippen LogP) is 2.93. The summed E-state index contributed by atoms with van der Waals surface area (Å²) in [7, 11) is 0. The van der Waals surface area contributed by atoms with Crippen LogP contribution >= 0.6 is 0 Å². The van der Waals surface area contributed by atoms with Crippen molar-refractivity contribution in [3.63, 3.8) is 0 Å². The molecule has 1 fully saturated rings. The van der Waals surface area contributed by atoms with E-state index in [9.17, 15) is 4.79 Å². The zero-order chi connectivity index (χ0) is 11.1. The van der Waals surface area contributed by atoms with Crippen molar-refractivity contribution in [2.24, 2.45) is 0 Å². The van der Waals surface area contributed by atoms with E-state index >= 15 is 0 Å². The van der Waals surface area contributed by atoms with Crippen molar-refractivity contribution in [2.45, 2.75) is 46.0 Å². The van der Waals surface area contributed by atoms with Gasteiger partial charge in [0.25, 0.3) is 0 Å². The van der Waals surface area contributed by atoms with Crippen LogP contribution in [-0.2, 0) is 4.79 Å². The van der Waals surface area contributed by atoms with Gasteiger partial charge in [-0.3, -0.25) is 0 Å². The molecule has 2 nitrogen and oxygen atoms in total. The Kier molecular flexibility index (Phi) is 5.20. The number of carbonyl (C=O) groups excluding carboxylic acids is 1. The Morgan fingerprint density at radius 3 is 2.33 bits per heavy atom. The SMILES string of the molecule is CCN(CC)C(C=C=O)=C1CCCCC1. The molecule has 0 aliphatic heterocycles. The largest absolute Gasteiger partial charge is 0.372 e. The Morgan fingerprint density at radius 2 is 1.87 bits per heavy atom. The molecule has 0 bridgehead atoms. The second-order valence-electron chi connectivity index (χ2n) is 3.98. The van der Waals surface area contributed by atoms with Crippen LogP contribution in [0.5, 0.6) is 0 Å². The van der Waals surface area contributed by atoms with Crippen LogP contribution in [0.25, 0.3) is 0 Å². The fourth-order valence-corrected chi connectivity index (χ4v) is 2.27. The summed E-state index contributed by atoms with van der Waals surface area (Å²) in [5, 5.41) is 0. The zero-order valence-electron chi connectivity index (χ0n) is 9.88. The molecule has 0 saturated heterocycles. The highest BCUT2D eigenvalue weighted by molar-refractivity contribution is 5.53. The highest BCUT2D eigenvalue weighted by Gasteiger charge is 2.13. The highest BCUT2D eigenvalue weighted by atomic mass is 16.1. The molecule has 0 heterocycles. The normalized spacial score (nSPS) is 15.7. The molecule has 1 saturated carbocycles. The summed E-state index contributed by atoms with van der Waals surface area (Å²) >= 11 is 0. The molecular weight excluding hydrogens is 186 g/mol. The molecule has 0 unspecified atom stereocenters. The molecule has 0 aromatic carbocycles. The van der Waals surface area contributed by atoms with Crippen molar-refractivity contribution in [2.75, 3.05) is 13.1 Å². The van der Waals surface area contributed by atoms with Gasteiger partial charge in [-0.05, 0) is 45.1 Å². The van der Waals surface area contributed by atoms with Crippen LogP contribution in [0.3, 0.4) is 0 Å². The monoisotopic (exact) mass is 207 g/mol. The van der Waals surface area contributed by atoms with E-state index in [1.807, 2.05) is 5.94 Å². The maximum atomic E-state index is 10.6. The van der Waals surface area contributed by atoms with E-state index in [1.165, 1.54) is 24.8 Å². The molecule has 0 radical (unpaired) electrons. The van der Waals surface area contributed by atoms with Gasteiger partial charge in [0, 0.05) is 24.9 Å². The molecular formula is C13H21NO. The van der Waals surface area contributed by atoms with Crippen LogP contribution in [0.2, 0.25) is 0 Å². The summed E-state index contributed by atoms with van der Waals surface area (Å²) in [5.74, 6) is 1.94. The van der Waals surface area contributed by atoms with E-state index in [0.717, 1.165) is 31.6 Å². The lowest BCUT2D eigenvalue weighted by Gasteiger charge is -2.26. The lowest BCUT2D eigenvalue weighted by Crippen LogP contribution is -2.23. The summed E-state index contributed by atoms with van der Waals surface area (Å²) in [4.78, 5) is 12.8. The second-order valence-corrected chi connectivity index (χ2v) is 3.98. The molecule has 1 aliphatic carbocycles.